The average molecular weight is 509 g/mol. The van der Waals surface area contributed by atoms with Crippen molar-refractivity contribution in [1.29, 1.82) is 0 Å². The number of methoxy groups -OCH3 is 1. The largest absolute Gasteiger partial charge is 0.468 e. The monoisotopic (exact) mass is 508 g/mol. The molecule has 0 bridgehead atoms. The Labute approximate surface area is 208 Å². The Balaban J connectivity index is 1.49. The van der Waals surface area contributed by atoms with Crippen LogP contribution in [0.15, 0.2) is 42.5 Å². The van der Waals surface area contributed by atoms with Gasteiger partial charge in [0.05, 0.1) is 29.8 Å². The molecule has 1 saturated carbocycles. The van der Waals surface area contributed by atoms with Gasteiger partial charge in [-0.2, -0.15) is 11.8 Å². The second-order valence-corrected chi connectivity index (χ2v) is 12.1. The first-order valence-corrected chi connectivity index (χ1v) is 14.2. The first-order valence-electron chi connectivity index (χ1n) is 11.2. The van der Waals surface area contributed by atoms with Crippen LogP contribution in [0.4, 0.5) is 0 Å². The quantitative estimate of drug-likeness (QED) is 0.248. The molecule has 2 N–H and O–H groups in total. The Hall–Kier alpha value is -1.32. The zero-order chi connectivity index (χ0) is 23.8. The molecule has 1 aromatic carbocycles. The summed E-state index contributed by atoms with van der Waals surface area (Å²) in [7, 11) is 1.38. The summed E-state index contributed by atoms with van der Waals surface area (Å²) in [6.07, 6.45) is 5.25. The fourth-order valence-electron chi connectivity index (χ4n) is 3.83. The lowest BCUT2D eigenvalue weighted by molar-refractivity contribution is -0.137. The minimum absolute atomic E-state index is 0.0642. The number of hydrogen-bond acceptors (Lipinski definition) is 8. The number of rotatable bonds is 12. The summed E-state index contributed by atoms with van der Waals surface area (Å²) in [4.78, 5) is 24.8. The van der Waals surface area contributed by atoms with E-state index in [1.54, 1.807) is 36.1 Å². The molecule has 1 aliphatic carbocycles. The van der Waals surface area contributed by atoms with Crippen LogP contribution in [0.5, 0.6) is 0 Å². The molecule has 8 heteroatoms. The zero-order valence-corrected chi connectivity index (χ0v) is 21.5. The lowest BCUT2D eigenvalue weighted by Crippen LogP contribution is -2.25. The molecular weight excluding hydrogens is 476 g/mol. The maximum atomic E-state index is 12.4. The van der Waals surface area contributed by atoms with Crippen molar-refractivity contribution in [1.82, 2.24) is 0 Å². The number of carbonyl (C=O) groups excluding carboxylic acids is 2. The standard InChI is InChI=1S/C25H32O5S3/c1-25(29,10-8-18-14-17-6-3-4-7-22(17)33-18)11-9-19-20(26)15-21(27)24(19)32-13-5-12-31-16-23(28)30-2/h3-4,6-7,9,11,14,19-20,24,26,29H,5,8,10,12-13,15-16H2,1-2H3/t19-,20+,24?,25?/m0/s1. The van der Waals surface area contributed by atoms with E-state index in [-0.39, 0.29) is 29.3 Å². The van der Waals surface area contributed by atoms with Gasteiger partial charge in [-0.15, -0.1) is 23.1 Å². The van der Waals surface area contributed by atoms with Gasteiger partial charge in [-0.3, -0.25) is 9.59 Å². The SMILES string of the molecule is COC(=O)CSCCCSC1C(=O)C[C@@H](O)[C@@H]1C=CC(C)(O)CCc1cc2ccccc2s1. The number of carbonyl (C=O) groups is 2. The smallest absolute Gasteiger partial charge is 0.315 e. The third-order valence-electron chi connectivity index (χ3n) is 5.73. The molecule has 5 nitrogen and oxygen atoms in total. The first kappa shape index (κ1) is 26.3. The molecule has 0 aliphatic heterocycles. The Morgan fingerprint density at radius 2 is 2.12 bits per heavy atom. The van der Waals surface area contributed by atoms with E-state index in [2.05, 4.69) is 22.9 Å². The molecule has 4 atom stereocenters. The van der Waals surface area contributed by atoms with Gasteiger partial charge >= 0.3 is 5.97 Å². The van der Waals surface area contributed by atoms with Crippen LogP contribution in [-0.4, -0.2) is 63.3 Å². The minimum atomic E-state index is -1.01. The number of thiophene rings is 1. The Kier molecular flexibility index (Phi) is 9.88. The van der Waals surface area contributed by atoms with Crippen LogP contribution < -0.4 is 0 Å². The molecule has 0 saturated heterocycles. The highest BCUT2D eigenvalue weighted by molar-refractivity contribution is 8.01. The van der Waals surface area contributed by atoms with E-state index in [9.17, 15) is 19.8 Å². The van der Waals surface area contributed by atoms with Gasteiger partial charge in [0.1, 0.15) is 5.78 Å². The number of esters is 1. The summed E-state index contributed by atoms with van der Waals surface area (Å²) < 4.78 is 5.87. The van der Waals surface area contributed by atoms with Gasteiger partial charge in [0.15, 0.2) is 0 Å². The van der Waals surface area contributed by atoms with Crippen molar-refractivity contribution in [2.75, 3.05) is 24.4 Å². The second-order valence-electron chi connectivity index (χ2n) is 8.56. The van der Waals surface area contributed by atoms with E-state index in [0.717, 1.165) is 24.3 Å². The Morgan fingerprint density at radius 3 is 2.88 bits per heavy atom. The Morgan fingerprint density at radius 1 is 1.33 bits per heavy atom. The van der Waals surface area contributed by atoms with Crippen molar-refractivity contribution in [3.63, 3.8) is 0 Å². The van der Waals surface area contributed by atoms with Gasteiger partial charge in [0.25, 0.3) is 0 Å². The molecule has 1 aromatic heterocycles. The zero-order valence-electron chi connectivity index (χ0n) is 19.1. The van der Waals surface area contributed by atoms with Crippen molar-refractivity contribution in [2.45, 2.75) is 49.6 Å². The fraction of sp³-hybridized carbons (Fsp3) is 0.520. The molecular formula is C25H32O5S3. The van der Waals surface area contributed by atoms with Crippen LogP contribution >= 0.6 is 34.9 Å². The van der Waals surface area contributed by atoms with Gasteiger partial charge in [-0.1, -0.05) is 30.4 Å². The van der Waals surface area contributed by atoms with Gasteiger partial charge in [-0.25, -0.2) is 0 Å². The van der Waals surface area contributed by atoms with Crippen molar-refractivity contribution < 1.29 is 24.5 Å². The maximum Gasteiger partial charge on any atom is 0.315 e. The number of aryl methyl sites for hydroxylation is 1. The molecule has 0 spiro atoms. The summed E-state index contributed by atoms with van der Waals surface area (Å²) in [5, 5.41) is 22.2. The number of ketones is 1. The van der Waals surface area contributed by atoms with E-state index in [4.69, 9.17) is 0 Å². The minimum Gasteiger partial charge on any atom is -0.468 e. The van der Waals surface area contributed by atoms with Crippen molar-refractivity contribution in [3.8, 4) is 0 Å². The van der Waals surface area contributed by atoms with E-state index in [1.807, 2.05) is 18.2 Å². The number of benzene rings is 1. The van der Waals surface area contributed by atoms with E-state index in [1.165, 1.54) is 33.8 Å². The highest BCUT2D eigenvalue weighted by atomic mass is 32.2. The lowest BCUT2D eigenvalue weighted by Gasteiger charge is -2.22. The third kappa shape index (κ3) is 7.86. The molecule has 1 aliphatic rings. The van der Waals surface area contributed by atoms with E-state index >= 15 is 0 Å². The molecule has 0 radical (unpaired) electrons. The summed E-state index contributed by atoms with van der Waals surface area (Å²) in [6.45, 7) is 1.78. The molecule has 3 rings (SSSR count). The van der Waals surface area contributed by atoms with Crippen LogP contribution in [0.3, 0.4) is 0 Å². The maximum absolute atomic E-state index is 12.4. The van der Waals surface area contributed by atoms with Gasteiger partial charge < -0.3 is 14.9 Å². The van der Waals surface area contributed by atoms with Crippen molar-refractivity contribution in [3.05, 3.63) is 47.4 Å². The van der Waals surface area contributed by atoms with E-state index < -0.39 is 11.7 Å². The summed E-state index contributed by atoms with van der Waals surface area (Å²) >= 11 is 4.83. The molecule has 1 heterocycles. The number of thioether (sulfide) groups is 2. The molecule has 1 fully saturated rings. The molecule has 33 heavy (non-hydrogen) atoms. The van der Waals surface area contributed by atoms with Crippen LogP contribution in [0.25, 0.3) is 10.1 Å². The topological polar surface area (TPSA) is 83.8 Å². The van der Waals surface area contributed by atoms with Crippen molar-refractivity contribution >= 4 is 56.7 Å². The second kappa shape index (κ2) is 12.4. The van der Waals surface area contributed by atoms with Crippen LogP contribution in [0.1, 0.15) is 31.1 Å². The molecule has 2 unspecified atom stereocenters. The number of aliphatic hydroxyl groups excluding tert-OH is 1. The number of hydrogen-bond donors (Lipinski definition) is 2. The van der Waals surface area contributed by atoms with Crippen LogP contribution in [0.2, 0.25) is 0 Å². The normalized spacial score (nSPS) is 22.8. The van der Waals surface area contributed by atoms with Crippen LogP contribution in [-0.2, 0) is 20.7 Å². The summed E-state index contributed by atoms with van der Waals surface area (Å²) in [6, 6.07) is 10.4. The fourth-order valence-corrected chi connectivity index (χ4v) is 7.20. The number of aliphatic hydroxyl groups is 2. The van der Waals surface area contributed by atoms with Crippen LogP contribution in [0, 0.1) is 5.92 Å². The van der Waals surface area contributed by atoms with Gasteiger partial charge in [0.2, 0.25) is 0 Å². The summed E-state index contributed by atoms with van der Waals surface area (Å²) in [5.74, 6) is 1.48. The molecule has 2 aromatic rings. The summed E-state index contributed by atoms with van der Waals surface area (Å²) in [5.41, 5.74) is -1.01. The molecule has 0 amide bonds. The third-order valence-corrected chi connectivity index (χ3v) is 9.38. The van der Waals surface area contributed by atoms with Crippen molar-refractivity contribution in [2.24, 2.45) is 5.92 Å². The van der Waals surface area contributed by atoms with E-state index in [0.29, 0.717) is 12.2 Å². The molecule has 180 valence electrons. The lowest BCUT2D eigenvalue weighted by atomic mass is 9.95. The Bertz CT molecular complexity index is 935. The number of ether oxygens (including phenoxy) is 1. The first-order chi connectivity index (χ1) is 15.8. The number of Topliss-reactive ketones (excluding diaryl/α,β-unsaturated/α-hetero) is 1. The predicted octanol–water partition coefficient (Wildman–Crippen LogP) is 4.49. The highest BCUT2D eigenvalue weighted by Gasteiger charge is 2.40. The average Bonchev–Trinajstić information content (AvgIpc) is 3.32. The highest BCUT2D eigenvalue weighted by Crippen LogP contribution is 2.35. The predicted molar refractivity (Wildman–Crippen MR) is 139 cm³/mol. The van der Waals surface area contributed by atoms with Gasteiger partial charge in [-0.05, 0) is 55.2 Å². The van der Waals surface area contributed by atoms with Gasteiger partial charge in [0, 0.05) is 21.9 Å². The number of fused-ring (bicyclic) bond motifs is 1.